The molecule has 0 amide bonds. The number of anilines is 1. The first-order valence-corrected chi connectivity index (χ1v) is 7.94. The summed E-state index contributed by atoms with van der Waals surface area (Å²) >= 11 is 3.54. The third-order valence-electron chi connectivity index (χ3n) is 3.64. The fraction of sp³-hybridized carbons (Fsp3) is 0.600. The average Bonchev–Trinajstić information content (AvgIpc) is 2.46. The molecule has 0 unspecified atom stereocenters. The summed E-state index contributed by atoms with van der Waals surface area (Å²) in [4.78, 5) is 2.43. The fourth-order valence-electron chi connectivity index (χ4n) is 2.68. The van der Waals surface area contributed by atoms with Crippen molar-refractivity contribution in [3.63, 3.8) is 0 Å². The van der Waals surface area contributed by atoms with Crippen molar-refractivity contribution in [3.8, 4) is 0 Å². The largest absolute Gasteiger partial charge is 0.394 e. The Morgan fingerprint density at radius 2 is 2.15 bits per heavy atom. The van der Waals surface area contributed by atoms with E-state index in [2.05, 4.69) is 44.3 Å². The lowest BCUT2D eigenvalue weighted by atomic mass is 10.0. The number of aliphatic hydroxyl groups excluding tert-OH is 1. The van der Waals surface area contributed by atoms with Crippen LogP contribution >= 0.6 is 15.9 Å². The first-order valence-electron chi connectivity index (χ1n) is 7.15. The molecular formula is C15H23BrN2O2. The van der Waals surface area contributed by atoms with Crippen LogP contribution in [-0.2, 0) is 11.3 Å². The van der Waals surface area contributed by atoms with E-state index in [4.69, 9.17) is 9.84 Å². The van der Waals surface area contributed by atoms with Gasteiger partial charge in [-0.05, 0) is 43.7 Å². The maximum atomic E-state index is 8.80. The topological polar surface area (TPSA) is 44.7 Å². The van der Waals surface area contributed by atoms with Crippen molar-refractivity contribution in [1.82, 2.24) is 5.32 Å². The van der Waals surface area contributed by atoms with Crippen LogP contribution < -0.4 is 10.2 Å². The number of nitrogens with one attached hydrogen (secondary N) is 1. The third-order valence-corrected chi connectivity index (χ3v) is 4.13. The maximum Gasteiger partial charge on any atom is 0.0701 e. The highest BCUT2D eigenvalue weighted by Gasteiger charge is 2.21. The minimum absolute atomic E-state index is 0.110. The van der Waals surface area contributed by atoms with Gasteiger partial charge in [0.2, 0.25) is 0 Å². The normalized spacial score (nSPS) is 16.6. The monoisotopic (exact) mass is 342 g/mol. The summed E-state index contributed by atoms with van der Waals surface area (Å²) in [5, 5.41) is 12.0. The van der Waals surface area contributed by atoms with Gasteiger partial charge in [0.05, 0.1) is 19.3 Å². The lowest BCUT2D eigenvalue weighted by molar-refractivity contribution is 0.0159. The molecule has 1 saturated heterocycles. The van der Waals surface area contributed by atoms with Crippen molar-refractivity contribution in [2.24, 2.45) is 0 Å². The summed E-state index contributed by atoms with van der Waals surface area (Å²) in [6.07, 6.45) is 2.34. The van der Waals surface area contributed by atoms with Crippen molar-refractivity contribution in [1.29, 1.82) is 0 Å². The second-order valence-electron chi connectivity index (χ2n) is 5.08. The van der Waals surface area contributed by atoms with Crippen LogP contribution in [0.3, 0.4) is 0 Å². The number of hydrogen-bond acceptors (Lipinski definition) is 4. The first kappa shape index (κ1) is 15.8. The van der Waals surface area contributed by atoms with Gasteiger partial charge in [0.25, 0.3) is 0 Å². The van der Waals surface area contributed by atoms with Gasteiger partial charge in [0.15, 0.2) is 0 Å². The van der Waals surface area contributed by atoms with Crippen LogP contribution in [0.15, 0.2) is 22.7 Å². The number of piperidine rings is 1. The Bertz CT molecular complexity index is 420. The van der Waals surface area contributed by atoms with E-state index in [0.29, 0.717) is 12.7 Å². The van der Waals surface area contributed by atoms with Crippen LogP contribution in [0.2, 0.25) is 0 Å². The number of halogens is 1. The lowest BCUT2D eigenvalue weighted by Crippen LogP contribution is -2.38. The molecule has 0 bridgehead atoms. The molecule has 1 aliphatic heterocycles. The molecule has 0 spiro atoms. The molecule has 0 aliphatic carbocycles. The number of hydrogen-bond donors (Lipinski definition) is 2. The number of nitrogens with zero attached hydrogens (tertiary/aromatic N) is 1. The van der Waals surface area contributed by atoms with E-state index in [1.807, 2.05) is 7.05 Å². The summed E-state index contributed by atoms with van der Waals surface area (Å²) in [5.41, 5.74) is 2.62. The van der Waals surface area contributed by atoms with Crippen LogP contribution in [0.4, 0.5) is 5.69 Å². The highest BCUT2D eigenvalue weighted by Crippen LogP contribution is 2.27. The second-order valence-corrected chi connectivity index (χ2v) is 6.00. The number of aliphatic hydroxyl groups is 1. The number of ether oxygens (including phenoxy) is 1. The highest BCUT2D eigenvalue weighted by atomic mass is 79.9. The van der Waals surface area contributed by atoms with E-state index in [9.17, 15) is 0 Å². The van der Waals surface area contributed by atoms with Gasteiger partial charge in [0.1, 0.15) is 0 Å². The Kier molecular flexibility index (Phi) is 6.29. The summed E-state index contributed by atoms with van der Waals surface area (Å²) in [5.74, 6) is 0. The van der Waals surface area contributed by atoms with Gasteiger partial charge < -0.3 is 20.1 Å². The van der Waals surface area contributed by atoms with E-state index in [-0.39, 0.29) is 6.61 Å². The molecule has 112 valence electrons. The van der Waals surface area contributed by atoms with Crippen LogP contribution in [-0.4, -0.2) is 44.6 Å². The van der Waals surface area contributed by atoms with Gasteiger partial charge in [-0.1, -0.05) is 15.9 Å². The molecule has 4 nitrogen and oxygen atoms in total. The molecule has 1 aromatic rings. The van der Waals surface area contributed by atoms with Gasteiger partial charge in [0, 0.05) is 29.8 Å². The average molecular weight is 343 g/mol. The summed E-state index contributed by atoms with van der Waals surface area (Å²) in [6, 6.07) is 6.47. The predicted molar refractivity (Wildman–Crippen MR) is 85.2 cm³/mol. The summed E-state index contributed by atoms with van der Waals surface area (Å²) < 4.78 is 6.73. The molecular weight excluding hydrogens is 320 g/mol. The van der Waals surface area contributed by atoms with Gasteiger partial charge in [-0.2, -0.15) is 0 Å². The van der Waals surface area contributed by atoms with Crippen LogP contribution in [0.1, 0.15) is 18.4 Å². The Hall–Kier alpha value is -0.620. The third kappa shape index (κ3) is 4.19. The van der Waals surface area contributed by atoms with Crippen molar-refractivity contribution in [2.45, 2.75) is 25.5 Å². The first-order chi connectivity index (χ1) is 9.74. The molecule has 2 rings (SSSR count). The number of benzene rings is 1. The molecule has 0 saturated carbocycles. The molecule has 0 atom stereocenters. The van der Waals surface area contributed by atoms with E-state index in [1.54, 1.807) is 0 Å². The zero-order valence-corrected chi connectivity index (χ0v) is 13.5. The zero-order chi connectivity index (χ0) is 14.4. The molecule has 1 heterocycles. The Morgan fingerprint density at radius 1 is 1.40 bits per heavy atom. The van der Waals surface area contributed by atoms with Gasteiger partial charge >= 0.3 is 0 Å². The minimum atomic E-state index is 0.110. The smallest absolute Gasteiger partial charge is 0.0701 e. The van der Waals surface area contributed by atoms with E-state index < -0.39 is 0 Å². The van der Waals surface area contributed by atoms with Crippen LogP contribution in [0, 0.1) is 0 Å². The summed E-state index contributed by atoms with van der Waals surface area (Å²) in [7, 11) is 1.97. The quantitative estimate of drug-likeness (QED) is 0.831. The number of rotatable bonds is 6. The zero-order valence-electron chi connectivity index (χ0n) is 11.9. The second kappa shape index (κ2) is 7.98. The molecule has 1 aliphatic rings. The summed E-state index contributed by atoms with van der Waals surface area (Å²) in [6.45, 7) is 3.45. The Morgan fingerprint density at radius 3 is 2.80 bits per heavy atom. The Balaban J connectivity index is 1.99. The lowest BCUT2D eigenvalue weighted by Gasteiger charge is -2.34. The van der Waals surface area contributed by atoms with Crippen molar-refractivity contribution >= 4 is 21.6 Å². The molecule has 20 heavy (non-hydrogen) atoms. The van der Waals surface area contributed by atoms with Gasteiger partial charge in [-0.25, -0.2) is 0 Å². The maximum absolute atomic E-state index is 8.80. The van der Waals surface area contributed by atoms with Crippen molar-refractivity contribution < 1.29 is 9.84 Å². The predicted octanol–water partition coefficient (Wildman–Crippen LogP) is 2.15. The van der Waals surface area contributed by atoms with Gasteiger partial charge in [-0.15, -0.1) is 0 Å². The SMILES string of the molecule is CNCc1cc(Br)ccc1N1CCC(OCCO)CC1. The standard InChI is InChI=1S/C15H23BrN2O2/c1-17-11-12-10-13(16)2-3-15(12)18-6-4-14(5-7-18)20-9-8-19/h2-3,10,14,17,19H,4-9,11H2,1H3. The molecule has 5 heteroatoms. The van der Waals surface area contributed by atoms with E-state index in [0.717, 1.165) is 36.9 Å². The molecule has 0 radical (unpaired) electrons. The van der Waals surface area contributed by atoms with Crippen molar-refractivity contribution in [3.05, 3.63) is 28.2 Å². The van der Waals surface area contributed by atoms with E-state index in [1.165, 1.54) is 11.3 Å². The van der Waals surface area contributed by atoms with Crippen molar-refractivity contribution in [2.75, 3.05) is 38.3 Å². The van der Waals surface area contributed by atoms with Crippen LogP contribution in [0.5, 0.6) is 0 Å². The molecule has 0 aromatic heterocycles. The fourth-order valence-corrected chi connectivity index (χ4v) is 3.09. The Labute approximate surface area is 129 Å². The van der Waals surface area contributed by atoms with Crippen LogP contribution in [0.25, 0.3) is 0 Å². The van der Waals surface area contributed by atoms with Gasteiger partial charge in [-0.3, -0.25) is 0 Å². The minimum Gasteiger partial charge on any atom is -0.394 e. The molecule has 2 N–H and O–H groups in total. The highest BCUT2D eigenvalue weighted by molar-refractivity contribution is 9.10. The molecule has 1 fully saturated rings. The molecule has 1 aromatic carbocycles. The van der Waals surface area contributed by atoms with E-state index >= 15 is 0 Å².